The average Bonchev–Trinajstić information content (AvgIpc) is 2.73. The topological polar surface area (TPSA) is 71.0 Å². The minimum atomic E-state index is -4.62. The molecule has 1 N–H and O–H groups in total. The number of fused-ring (bicyclic) bond motifs is 1. The lowest BCUT2D eigenvalue weighted by atomic mass is 10.0. The number of pyridine rings is 1. The summed E-state index contributed by atoms with van der Waals surface area (Å²) in [6, 6.07) is 9.99. The third-order valence-electron chi connectivity index (χ3n) is 4.89. The minimum absolute atomic E-state index is 0.0610. The molecule has 0 unspecified atom stereocenters. The van der Waals surface area contributed by atoms with Crippen LogP contribution in [0.1, 0.15) is 29.0 Å². The molecule has 1 aromatic carbocycles. The van der Waals surface area contributed by atoms with Crippen LogP contribution in [0, 0.1) is 0 Å². The van der Waals surface area contributed by atoms with Crippen LogP contribution in [0.3, 0.4) is 0 Å². The number of nitrogens with one attached hydrogen (secondary N) is 1. The predicted molar refractivity (Wildman–Crippen MR) is 101 cm³/mol. The summed E-state index contributed by atoms with van der Waals surface area (Å²) in [6.45, 7) is 0.965. The number of nitrogens with zero attached hydrogens (tertiary/aromatic N) is 4. The number of carbonyl (C=O) groups excluding carboxylic acids is 1. The quantitative estimate of drug-likeness (QED) is 0.728. The Bertz CT molecular complexity index is 1020. The van der Waals surface area contributed by atoms with Crippen LogP contribution in [0.5, 0.6) is 0 Å². The number of piperidine rings is 1. The Kier molecular flexibility index (Phi) is 5.04. The monoisotopic (exact) mass is 401 g/mol. The van der Waals surface area contributed by atoms with Crippen molar-refractivity contribution in [2.45, 2.75) is 25.1 Å². The SMILES string of the molecule is O=C(NC1CCN(c2nc(C(F)(F)F)nc3ccccc23)CC1)c1cccnc1. The van der Waals surface area contributed by atoms with E-state index in [1.54, 1.807) is 42.6 Å². The van der Waals surface area contributed by atoms with Gasteiger partial charge >= 0.3 is 6.18 Å². The maximum Gasteiger partial charge on any atom is 0.451 e. The molecule has 6 nitrogen and oxygen atoms in total. The maximum atomic E-state index is 13.2. The van der Waals surface area contributed by atoms with E-state index in [9.17, 15) is 18.0 Å². The fourth-order valence-electron chi connectivity index (χ4n) is 3.43. The van der Waals surface area contributed by atoms with Gasteiger partial charge in [0.25, 0.3) is 5.91 Å². The largest absolute Gasteiger partial charge is 0.451 e. The highest BCUT2D eigenvalue weighted by Crippen LogP contribution is 2.32. The van der Waals surface area contributed by atoms with E-state index in [0.29, 0.717) is 36.9 Å². The van der Waals surface area contributed by atoms with E-state index >= 15 is 0 Å². The van der Waals surface area contributed by atoms with Crippen LogP contribution < -0.4 is 10.2 Å². The van der Waals surface area contributed by atoms with Crippen molar-refractivity contribution < 1.29 is 18.0 Å². The molecule has 0 radical (unpaired) electrons. The number of para-hydroxylation sites is 1. The second-order valence-electron chi connectivity index (χ2n) is 6.86. The molecule has 29 heavy (non-hydrogen) atoms. The molecule has 1 saturated heterocycles. The van der Waals surface area contributed by atoms with Gasteiger partial charge in [-0.1, -0.05) is 12.1 Å². The van der Waals surface area contributed by atoms with E-state index < -0.39 is 12.0 Å². The van der Waals surface area contributed by atoms with Gasteiger partial charge in [-0.15, -0.1) is 0 Å². The lowest BCUT2D eigenvalue weighted by Crippen LogP contribution is -2.45. The zero-order valence-electron chi connectivity index (χ0n) is 15.4. The number of anilines is 1. The normalized spacial score (nSPS) is 15.5. The van der Waals surface area contributed by atoms with Crippen molar-refractivity contribution in [2.75, 3.05) is 18.0 Å². The Hall–Kier alpha value is -3.23. The van der Waals surface area contributed by atoms with Crippen molar-refractivity contribution in [3.63, 3.8) is 0 Å². The molecule has 3 heterocycles. The lowest BCUT2D eigenvalue weighted by Gasteiger charge is -2.34. The third kappa shape index (κ3) is 4.13. The number of hydrogen-bond donors (Lipinski definition) is 1. The van der Waals surface area contributed by atoms with Gasteiger partial charge in [-0.3, -0.25) is 9.78 Å². The number of carbonyl (C=O) groups is 1. The Labute approximate surface area is 164 Å². The number of rotatable bonds is 3. The van der Waals surface area contributed by atoms with Gasteiger partial charge in [-0.2, -0.15) is 13.2 Å². The van der Waals surface area contributed by atoms with Crippen LogP contribution in [0.2, 0.25) is 0 Å². The second kappa shape index (κ2) is 7.65. The van der Waals surface area contributed by atoms with Gasteiger partial charge in [0.15, 0.2) is 0 Å². The summed E-state index contributed by atoms with van der Waals surface area (Å²) in [6.07, 6.45) is -0.321. The molecule has 1 aliphatic heterocycles. The van der Waals surface area contributed by atoms with Crippen molar-refractivity contribution in [3.8, 4) is 0 Å². The van der Waals surface area contributed by atoms with Crippen molar-refractivity contribution in [2.24, 2.45) is 0 Å². The van der Waals surface area contributed by atoms with Crippen LogP contribution in [0.25, 0.3) is 10.9 Å². The summed E-state index contributed by atoms with van der Waals surface area (Å²) in [4.78, 5) is 25.5. The standard InChI is InChI=1S/C20H18F3N5O/c21-20(22,23)19-26-16-6-2-1-5-15(16)17(27-19)28-10-7-14(8-11-28)25-18(29)13-4-3-9-24-12-13/h1-6,9,12,14H,7-8,10-11H2,(H,25,29). The fourth-order valence-corrected chi connectivity index (χ4v) is 3.43. The number of halogens is 3. The number of hydrogen-bond acceptors (Lipinski definition) is 5. The third-order valence-corrected chi connectivity index (χ3v) is 4.89. The molecule has 9 heteroatoms. The van der Waals surface area contributed by atoms with E-state index in [0.717, 1.165) is 0 Å². The van der Waals surface area contributed by atoms with Crippen molar-refractivity contribution in [3.05, 3.63) is 60.2 Å². The first kappa shape index (κ1) is 19.1. The smallest absolute Gasteiger partial charge is 0.356 e. The zero-order chi connectivity index (χ0) is 20.4. The van der Waals surface area contributed by atoms with Crippen molar-refractivity contribution in [1.82, 2.24) is 20.3 Å². The van der Waals surface area contributed by atoms with Gasteiger partial charge in [0, 0.05) is 36.9 Å². The number of alkyl halides is 3. The Morgan fingerprint density at radius 3 is 2.52 bits per heavy atom. The fraction of sp³-hybridized carbons (Fsp3) is 0.300. The minimum Gasteiger partial charge on any atom is -0.356 e. The molecular weight excluding hydrogens is 383 g/mol. The Morgan fingerprint density at radius 2 is 1.83 bits per heavy atom. The molecule has 1 fully saturated rings. The summed E-state index contributed by atoms with van der Waals surface area (Å²) in [5, 5.41) is 3.54. The molecule has 0 bridgehead atoms. The first-order valence-corrected chi connectivity index (χ1v) is 9.21. The second-order valence-corrected chi connectivity index (χ2v) is 6.86. The molecule has 0 saturated carbocycles. The Balaban J connectivity index is 1.51. The first-order chi connectivity index (χ1) is 13.9. The number of amides is 1. The highest BCUT2D eigenvalue weighted by molar-refractivity contribution is 5.94. The van der Waals surface area contributed by atoms with Gasteiger partial charge in [0.2, 0.25) is 5.82 Å². The van der Waals surface area contributed by atoms with Crippen LogP contribution in [0.4, 0.5) is 19.0 Å². The predicted octanol–water partition coefficient (Wildman–Crippen LogP) is 3.44. The molecule has 0 aliphatic carbocycles. The summed E-state index contributed by atoms with van der Waals surface area (Å²) >= 11 is 0. The van der Waals surface area contributed by atoms with E-state index in [2.05, 4.69) is 20.3 Å². The molecule has 150 valence electrons. The van der Waals surface area contributed by atoms with Crippen LogP contribution in [-0.2, 0) is 6.18 Å². The summed E-state index contributed by atoms with van der Waals surface area (Å²) in [5.41, 5.74) is 0.739. The molecule has 1 amide bonds. The van der Waals surface area contributed by atoms with E-state index in [1.807, 2.05) is 4.90 Å². The van der Waals surface area contributed by atoms with Crippen LogP contribution in [0.15, 0.2) is 48.8 Å². The highest BCUT2D eigenvalue weighted by Gasteiger charge is 2.36. The van der Waals surface area contributed by atoms with E-state index in [1.165, 1.54) is 6.20 Å². The van der Waals surface area contributed by atoms with Crippen molar-refractivity contribution >= 4 is 22.6 Å². The highest BCUT2D eigenvalue weighted by atomic mass is 19.4. The molecule has 4 rings (SSSR count). The lowest BCUT2D eigenvalue weighted by molar-refractivity contribution is -0.144. The van der Waals surface area contributed by atoms with E-state index in [4.69, 9.17) is 0 Å². The van der Waals surface area contributed by atoms with Gasteiger partial charge in [-0.25, -0.2) is 9.97 Å². The number of aromatic nitrogens is 3. The summed E-state index contributed by atoms with van der Waals surface area (Å²) in [5.74, 6) is -1.07. The molecule has 1 aliphatic rings. The maximum absolute atomic E-state index is 13.2. The first-order valence-electron chi connectivity index (χ1n) is 9.21. The summed E-state index contributed by atoms with van der Waals surface area (Å²) in [7, 11) is 0. The van der Waals surface area contributed by atoms with Gasteiger partial charge in [0.05, 0.1) is 11.1 Å². The Morgan fingerprint density at radius 1 is 1.07 bits per heavy atom. The van der Waals surface area contributed by atoms with Crippen LogP contribution in [-0.4, -0.2) is 40.0 Å². The van der Waals surface area contributed by atoms with Gasteiger partial charge in [-0.05, 0) is 37.1 Å². The van der Waals surface area contributed by atoms with Crippen LogP contribution >= 0.6 is 0 Å². The summed E-state index contributed by atoms with van der Waals surface area (Å²) < 4.78 is 39.7. The van der Waals surface area contributed by atoms with Gasteiger partial charge in [0.1, 0.15) is 5.82 Å². The number of benzene rings is 1. The van der Waals surface area contributed by atoms with Gasteiger partial charge < -0.3 is 10.2 Å². The van der Waals surface area contributed by atoms with Crippen molar-refractivity contribution in [1.29, 1.82) is 0 Å². The average molecular weight is 401 g/mol. The molecule has 2 aromatic heterocycles. The zero-order valence-corrected chi connectivity index (χ0v) is 15.4. The molecule has 0 spiro atoms. The molecular formula is C20H18F3N5O. The molecule has 3 aromatic rings. The van der Waals surface area contributed by atoms with E-state index in [-0.39, 0.29) is 23.3 Å². The molecule has 0 atom stereocenters.